The van der Waals surface area contributed by atoms with E-state index in [4.69, 9.17) is 10.5 Å². The molecule has 4 nitrogen and oxygen atoms in total. The fourth-order valence-corrected chi connectivity index (χ4v) is 1.77. The maximum atomic E-state index is 5.79. The summed E-state index contributed by atoms with van der Waals surface area (Å²) in [6.07, 6.45) is 3.90. The van der Waals surface area contributed by atoms with E-state index >= 15 is 0 Å². The summed E-state index contributed by atoms with van der Waals surface area (Å²) in [5, 5.41) is 0. The van der Waals surface area contributed by atoms with Crippen molar-refractivity contribution in [1.29, 1.82) is 0 Å². The zero-order valence-electron chi connectivity index (χ0n) is 10.7. The second-order valence-corrected chi connectivity index (χ2v) is 4.25. The largest absolute Gasteiger partial charge is 0.493 e. The Hall–Kier alpha value is -2.10. The van der Waals surface area contributed by atoms with Crippen molar-refractivity contribution in [3.05, 3.63) is 47.5 Å². The molecule has 0 atom stereocenters. The van der Waals surface area contributed by atoms with Crippen LogP contribution < -0.4 is 10.5 Å². The molecular formula is C14H17N3O. The number of para-hydroxylation sites is 1. The number of aromatic nitrogens is 2. The summed E-state index contributed by atoms with van der Waals surface area (Å²) < 4.78 is 5.79. The molecule has 1 heterocycles. The van der Waals surface area contributed by atoms with Crippen LogP contribution in [0, 0.1) is 13.8 Å². The normalized spacial score (nSPS) is 10.3. The molecule has 0 fully saturated rings. The Morgan fingerprint density at radius 1 is 1.11 bits per heavy atom. The molecule has 2 rings (SSSR count). The summed E-state index contributed by atoms with van der Waals surface area (Å²) in [5.41, 5.74) is 8.40. The van der Waals surface area contributed by atoms with Gasteiger partial charge in [-0.25, -0.2) is 9.97 Å². The van der Waals surface area contributed by atoms with Gasteiger partial charge >= 0.3 is 0 Å². The van der Waals surface area contributed by atoms with Gasteiger partial charge in [0.15, 0.2) is 0 Å². The molecule has 2 aromatic rings. The number of ether oxygens (including phenoxy) is 1. The lowest BCUT2D eigenvalue weighted by Crippen LogP contribution is -2.06. The topological polar surface area (TPSA) is 61.0 Å². The highest BCUT2D eigenvalue weighted by Crippen LogP contribution is 2.22. The monoisotopic (exact) mass is 243 g/mol. The highest BCUT2D eigenvalue weighted by atomic mass is 16.5. The van der Waals surface area contributed by atoms with Crippen molar-refractivity contribution in [3.63, 3.8) is 0 Å². The summed E-state index contributed by atoms with van der Waals surface area (Å²) in [5.74, 6) is 1.70. The van der Waals surface area contributed by atoms with Crippen LogP contribution in [0.3, 0.4) is 0 Å². The molecule has 0 saturated heterocycles. The van der Waals surface area contributed by atoms with Crippen LogP contribution >= 0.6 is 0 Å². The number of hydrogen-bond acceptors (Lipinski definition) is 4. The Labute approximate surface area is 107 Å². The Bertz CT molecular complexity index is 503. The molecular weight excluding hydrogens is 226 g/mol. The quantitative estimate of drug-likeness (QED) is 0.895. The number of aryl methyl sites for hydroxylation is 2. The lowest BCUT2D eigenvalue weighted by atomic mass is 10.1. The Morgan fingerprint density at radius 2 is 1.72 bits per heavy atom. The van der Waals surface area contributed by atoms with Crippen LogP contribution in [0.5, 0.6) is 5.75 Å². The van der Waals surface area contributed by atoms with E-state index in [0.717, 1.165) is 22.7 Å². The van der Waals surface area contributed by atoms with E-state index in [0.29, 0.717) is 18.7 Å². The summed E-state index contributed by atoms with van der Waals surface area (Å²) >= 11 is 0. The maximum absolute atomic E-state index is 5.79. The molecule has 0 saturated carbocycles. The van der Waals surface area contributed by atoms with Crippen molar-refractivity contribution in [2.75, 3.05) is 12.3 Å². The van der Waals surface area contributed by atoms with Crippen molar-refractivity contribution < 1.29 is 4.74 Å². The van der Waals surface area contributed by atoms with Gasteiger partial charge in [0.2, 0.25) is 0 Å². The van der Waals surface area contributed by atoms with Crippen molar-refractivity contribution in [2.45, 2.75) is 20.3 Å². The van der Waals surface area contributed by atoms with Crippen LogP contribution in [0.1, 0.15) is 17.0 Å². The third-order valence-corrected chi connectivity index (χ3v) is 2.71. The zero-order chi connectivity index (χ0) is 13.0. The predicted octanol–water partition coefficient (Wildman–Crippen LogP) is 2.30. The van der Waals surface area contributed by atoms with E-state index in [1.165, 1.54) is 0 Å². The molecule has 0 aliphatic carbocycles. The number of nitrogen functional groups attached to an aromatic ring is 1. The van der Waals surface area contributed by atoms with E-state index < -0.39 is 0 Å². The molecule has 0 aliphatic heterocycles. The minimum atomic E-state index is 0.565. The van der Waals surface area contributed by atoms with Gasteiger partial charge in [0.25, 0.3) is 0 Å². The smallest absolute Gasteiger partial charge is 0.131 e. The van der Waals surface area contributed by atoms with Crippen LogP contribution in [-0.2, 0) is 6.42 Å². The van der Waals surface area contributed by atoms with Gasteiger partial charge in [0, 0.05) is 6.42 Å². The van der Waals surface area contributed by atoms with E-state index in [2.05, 4.69) is 9.97 Å². The molecule has 1 aromatic carbocycles. The number of rotatable bonds is 4. The third-order valence-electron chi connectivity index (χ3n) is 2.71. The van der Waals surface area contributed by atoms with Crippen LogP contribution in [0.25, 0.3) is 0 Å². The fraction of sp³-hybridized carbons (Fsp3) is 0.286. The van der Waals surface area contributed by atoms with Gasteiger partial charge < -0.3 is 10.5 Å². The van der Waals surface area contributed by atoms with Crippen LogP contribution in [0.2, 0.25) is 0 Å². The number of nitrogens with two attached hydrogens (primary N) is 1. The molecule has 0 radical (unpaired) electrons. The lowest BCUT2D eigenvalue weighted by Gasteiger charge is -2.11. The average Bonchev–Trinajstić information content (AvgIpc) is 2.35. The summed E-state index contributed by atoms with van der Waals surface area (Å²) in [6, 6.07) is 6.12. The first-order valence-electron chi connectivity index (χ1n) is 5.92. The average molecular weight is 243 g/mol. The van der Waals surface area contributed by atoms with E-state index in [9.17, 15) is 0 Å². The summed E-state index contributed by atoms with van der Waals surface area (Å²) in [6.45, 7) is 4.65. The number of hydrogen-bond donors (Lipinski definition) is 1. The molecule has 0 amide bonds. The van der Waals surface area contributed by atoms with Gasteiger partial charge in [0.1, 0.15) is 11.6 Å². The highest BCUT2D eigenvalue weighted by Gasteiger charge is 2.03. The second kappa shape index (κ2) is 5.49. The predicted molar refractivity (Wildman–Crippen MR) is 71.6 cm³/mol. The minimum absolute atomic E-state index is 0.565. The summed E-state index contributed by atoms with van der Waals surface area (Å²) in [4.78, 5) is 8.28. The van der Waals surface area contributed by atoms with Crippen LogP contribution in [0.15, 0.2) is 30.6 Å². The van der Waals surface area contributed by atoms with Gasteiger partial charge in [-0.05, 0) is 25.0 Å². The van der Waals surface area contributed by atoms with Gasteiger partial charge in [-0.3, -0.25) is 0 Å². The molecule has 18 heavy (non-hydrogen) atoms. The first-order chi connectivity index (χ1) is 8.66. The molecule has 2 N–H and O–H groups in total. The Kier molecular flexibility index (Phi) is 3.77. The molecule has 0 unspecified atom stereocenters. The van der Waals surface area contributed by atoms with Gasteiger partial charge in [-0.1, -0.05) is 18.2 Å². The van der Waals surface area contributed by atoms with Crippen LogP contribution in [0.4, 0.5) is 5.69 Å². The van der Waals surface area contributed by atoms with Crippen LogP contribution in [-0.4, -0.2) is 16.6 Å². The van der Waals surface area contributed by atoms with Crippen molar-refractivity contribution in [3.8, 4) is 5.75 Å². The van der Waals surface area contributed by atoms with Gasteiger partial charge in [-0.2, -0.15) is 0 Å². The Morgan fingerprint density at radius 3 is 2.33 bits per heavy atom. The van der Waals surface area contributed by atoms with E-state index in [1.54, 1.807) is 12.4 Å². The van der Waals surface area contributed by atoms with Crippen molar-refractivity contribution >= 4 is 5.69 Å². The van der Waals surface area contributed by atoms with Crippen molar-refractivity contribution in [2.24, 2.45) is 0 Å². The second-order valence-electron chi connectivity index (χ2n) is 4.25. The SMILES string of the molecule is Cc1cccc(C)c1OCCc1ncc(N)cn1. The lowest BCUT2D eigenvalue weighted by molar-refractivity contribution is 0.314. The standard InChI is InChI=1S/C14H17N3O/c1-10-4-3-5-11(2)14(10)18-7-6-13-16-8-12(15)9-17-13/h3-5,8-9H,6-7,15H2,1-2H3. The van der Waals surface area contributed by atoms with Gasteiger partial charge in [0.05, 0.1) is 24.7 Å². The molecule has 0 aliphatic rings. The fourth-order valence-electron chi connectivity index (χ4n) is 1.77. The molecule has 1 aromatic heterocycles. The highest BCUT2D eigenvalue weighted by molar-refractivity contribution is 5.39. The van der Waals surface area contributed by atoms with E-state index in [1.807, 2.05) is 32.0 Å². The molecule has 4 heteroatoms. The number of nitrogens with zero attached hydrogens (tertiary/aromatic N) is 2. The Balaban J connectivity index is 1.94. The third kappa shape index (κ3) is 2.97. The molecule has 0 bridgehead atoms. The maximum Gasteiger partial charge on any atom is 0.131 e. The number of benzene rings is 1. The molecule has 94 valence electrons. The number of anilines is 1. The van der Waals surface area contributed by atoms with Gasteiger partial charge in [-0.15, -0.1) is 0 Å². The van der Waals surface area contributed by atoms with E-state index in [-0.39, 0.29) is 0 Å². The summed E-state index contributed by atoms with van der Waals surface area (Å²) in [7, 11) is 0. The first kappa shape index (κ1) is 12.4. The zero-order valence-corrected chi connectivity index (χ0v) is 10.7. The first-order valence-corrected chi connectivity index (χ1v) is 5.92. The molecule has 0 spiro atoms. The van der Waals surface area contributed by atoms with Crippen molar-refractivity contribution in [1.82, 2.24) is 9.97 Å². The minimum Gasteiger partial charge on any atom is -0.493 e.